The number of rotatable bonds is 10. The first-order valence-corrected chi connectivity index (χ1v) is 8.09. The molecule has 0 rings (SSSR count). The number of aliphatic hydroxyl groups is 1. The molecule has 0 aromatic heterocycles. The predicted molar refractivity (Wildman–Crippen MR) is 58.0 cm³/mol. The summed E-state index contributed by atoms with van der Waals surface area (Å²) in [6.07, 6.45) is -0.189. The highest BCUT2D eigenvalue weighted by Crippen LogP contribution is 2.66. The van der Waals surface area contributed by atoms with E-state index in [2.05, 4.69) is 20.8 Å². The van der Waals surface area contributed by atoms with Gasteiger partial charge in [-0.25, -0.2) is 9.82 Å². The van der Waals surface area contributed by atoms with Crippen molar-refractivity contribution in [2.75, 3.05) is 6.61 Å². The smallest absolute Gasteiger partial charge is 0.587 e. The highest BCUT2D eigenvalue weighted by Gasteiger charge is 2.44. The van der Waals surface area contributed by atoms with Gasteiger partial charge >= 0.3 is 21.0 Å². The Morgan fingerprint density at radius 1 is 1.58 bits per heavy atom. The average molecular weight is 318 g/mol. The van der Waals surface area contributed by atoms with Crippen LogP contribution >= 0.6 is 15.0 Å². The Bertz CT molecular complexity index is 395. The zero-order valence-electron chi connectivity index (χ0n) is 9.50. The third-order valence-corrected chi connectivity index (χ3v) is 4.86. The van der Waals surface area contributed by atoms with E-state index in [1.54, 1.807) is 0 Å². The van der Waals surface area contributed by atoms with E-state index in [0.717, 1.165) is 6.08 Å². The second-order valence-corrected chi connectivity index (χ2v) is 7.59. The highest BCUT2D eigenvalue weighted by atomic mass is 32.1. The molecule has 0 bridgehead atoms. The molecule has 10 nitrogen and oxygen atoms in total. The summed E-state index contributed by atoms with van der Waals surface area (Å²) in [6, 6.07) is 0. The number of carboxylic acid groups (broad SMARTS) is 1. The molecule has 0 amide bonds. The summed E-state index contributed by atoms with van der Waals surface area (Å²) < 4.78 is 29.9. The second-order valence-electron chi connectivity index (χ2n) is 3.32. The van der Waals surface area contributed by atoms with Crippen LogP contribution in [-0.4, -0.2) is 33.6 Å². The molecule has 12 heteroatoms. The number of hydrogen-bond acceptors (Lipinski definition) is 9. The van der Waals surface area contributed by atoms with Gasteiger partial charge in [0.25, 0.3) is 0 Å². The lowest BCUT2D eigenvalue weighted by Crippen LogP contribution is -2.30. The molecule has 0 aromatic rings. The summed E-state index contributed by atoms with van der Waals surface area (Å²) in [5, 5.41) is 29.1. The van der Waals surface area contributed by atoms with Crippen LogP contribution in [0.3, 0.4) is 0 Å². The van der Waals surface area contributed by atoms with E-state index in [9.17, 15) is 23.9 Å². The average Bonchev–Trinajstić information content (AvgIpc) is 2.28. The molecule has 0 aliphatic carbocycles. The van der Waals surface area contributed by atoms with Crippen molar-refractivity contribution in [2.24, 2.45) is 0 Å². The van der Waals surface area contributed by atoms with Crippen LogP contribution in [0.15, 0.2) is 12.7 Å². The fourth-order valence-electron chi connectivity index (χ4n) is 1.00. The first-order chi connectivity index (χ1) is 8.69. The Morgan fingerprint density at radius 3 is 2.53 bits per heavy atom. The molecule has 19 heavy (non-hydrogen) atoms. The van der Waals surface area contributed by atoms with E-state index in [0.29, 0.717) is 0 Å². The van der Waals surface area contributed by atoms with Crippen LogP contribution in [0.5, 0.6) is 0 Å². The Labute approximate surface area is 108 Å². The van der Waals surface area contributed by atoms with Crippen LogP contribution in [-0.2, 0) is 28.2 Å². The molecule has 0 heterocycles. The van der Waals surface area contributed by atoms with E-state index in [1.165, 1.54) is 0 Å². The quantitative estimate of drug-likeness (QED) is 0.222. The second kappa shape index (κ2) is 7.78. The van der Waals surface area contributed by atoms with Crippen molar-refractivity contribution in [2.45, 2.75) is 18.4 Å². The first kappa shape index (κ1) is 18.3. The van der Waals surface area contributed by atoms with Crippen molar-refractivity contribution < 1.29 is 48.5 Å². The molecule has 0 saturated heterocycles. The Morgan fingerprint density at radius 2 is 2.16 bits per heavy atom. The third kappa shape index (κ3) is 6.33. The van der Waals surface area contributed by atoms with Gasteiger partial charge in [0.15, 0.2) is 0 Å². The molecule has 0 spiro atoms. The minimum Gasteiger partial charge on any atom is -0.587 e. The largest absolute Gasteiger partial charge is 0.596 e. The van der Waals surface area contributed by atoms with Gasteiger partial charge in [0.1, 0.15) is 0 Å². The molecule has 0 fully saturated rings. The lowest BCUT2D eigenvalue weighted by molar-refractivity contribution is -0.442. The molecule has 0 radical (unpaired) electrons. The molecular formula is C7H12O10P2. The topological polar surface area (TPSA) is 163 Å². The normalized spacial score (nSPS) is 18.2. The molecule has 0 saturated carbocycles. The molecule has 0 aromatic carbocycles. The fraction of sp³-hybridized carbons (Fsp3) is 0.571. The number of hydrogen-bond donors (Lipinski definition) is 3. The molecule has 3 N–H and O–H groups in total. The van der Waals surface area contributed by atoms with Crippen LogP contribution in [0.25, 0.3) is 0 Å². The zero-order chi connectivity index (χ0) is 15.1. The maximum absolute atomic E-state index is 11.4. The maximum atomic E-state index is 11.4. The lowest BCUT2D eigenvalue weighted by atomic mass is 9.96. The summed E-state index contributed by atoms with van der Waals surface area (Å²) >= 11 is 0. The SMILES string of the molecule is C=CC(O)(CCOP(=O)(OOO)[P+](=O)[O-])CC(=O)O. The van der Waals surface area contributed by atoms with Crippen molar-refractivity contribution >= 4 is 21.0 Å². The zero-order valence-corrected chi connectivity index (χ0v) is 11.3. The van der Waals surface area contributed by atoms with Gasteiger partial charge in [0.05, 0.1) is 18.6 Å². The monoisotopic (exact) mass is 318 g/mol. The summed E-state index contributed by atoms with van der Waals surface area (Å²) in [7, 11) is -8.45. The Hall–Kier alpha value is -0.700. The Balaban J connectivity index is 4.55. The van der Waals surface area contributed by atoms with Crippen LogP contribution in [0, 0.1) is 0 Å². The lowest BCUT2D eigenvalue weighted by Gasteiger charge is -2.21. The predicted octanol–water partition coefficient (Wildman–Crippen LogP) is 0.417. The van der Waals surface area contributed by atoms with Crippen molar-refractivity contribution in [3.8, 4) is 0 Å². The van der Waals surface area contributed by atoms with Gasteiger partial charge in [0.2, 0.25) is 0 Å². The summed E-state index contributed by atoms with van der Waals surface area (Å²) in [4.78, 5) is 21.0. The van der Waals surface area contributed by atoms with Crippen molar-refractivity contribution in [1.82, 2.24) is 0 Å². The fourth-order valence-corrected chi connectivity index (χ4v) is 2.38. The van der Waals surface area contributed by atoms with Crippen LogP contribution in [0.1, 0.15) is 12.8 Å². The first-order valence-electron chi connectivity index (χ1n) is 4.66. The molecule has 0 aliphatic heterocycles. The van der Waals surface area contributed by atoms with Gasteiger partial charge in [-0.05, 0) is 0 Å². The Kier molecular flexibility index (Phi) is 7.50. The van der Waals surface area contributed by atoms with Crippen LogP contribution < -0.4 is 4.89 Å². The molecule has 0 aliphatic rings. The number of aliphatic carboxylic acids is 1. The molecule has 3 unspecified atom stereocenters. The third-order valence-electron chi connectivity index (χ3n) is 1.95. The van der Waals surface area contributed by atoms with E-state index in [4.69, 9.17) is 10.4 Å². The van der Waals surface area contributed by atoms with Crippen LogP contribution in [0.4, 0.5) is 0 Å². The van der Waals surface area contributed by atoms with Gasteiger partial charge in [-0.1, -0.05) is 20.4 Å². The van der Waals surface area contributed by atoms with E-state index in [-0.39, 0.29) is 0 Å². The van der Waals surface area contributed by atoms with Crippen molar-refractivity contribution in [3.05, 3.63) is 12.7 Å². The van der Waals surface area contributed by atoms with Crippen LogP contribution in [0.2, 0.25) is 0 Å². The van der Waals surface area contributed by atoms with Gasteiger partial charge in [0, 0.05) is 6.42 Å². The van der Waals surface area contributed by atoms with E-state index in [1.807, 2.05) is 0 Å². The standard InChI is InChI=1S/C7H12O10P2/c1-2-7(10,5-6(8)9)3-4-15-19(14,17-16-11)18(12)13/h2,10-11H,1,3-5H2,(H,8,9). The van der Waals surface area contributed by atoms with Gasteiger partial charge < -0.3 is 15.1 Å². The minimum absolute atomic E-state index is 0.412. The highest BCUT2D eigenvalue weighted by molar-refractivity contribution is 8.20. The number of carbonyl (C=O) groups is 1. The summed E-state index contributed by atoms with van der Waals surface area (Å²) in [6.45, 7) is 2.58. The van der Waals surface area contributed by atoms with Crippen molar-refractivity contribution in [3.63, 3.8) is 0 Å². The van der Waals surface area contributed by atoms with Gasteiger partial charge in [-0.3, -0.25) is 9.32 Å². The van der Waals surface area contributed by atoms with E-state index >= 15 is 0 Å². The summed E-state index contributed by atoms with van der Waals surface area (Å²) in [5.41, 5.74) is -1.87. The molecular weight excluding hydrogens is 306 g/mol. The van der Waals surface area contributed by atoms with E-state index < -0.39 is 46.0 Å². The van der Waals surface area contributed by atoms with Crippen molar-refractivity contribution in [1.29, 1.82) is 0 Å². The van der Waals surface area contributed by atoms with Gasteiger partial charge in [-0.2, -0.15) is 0 Å². The van der Waals surface area contributed by atoms with Gasteiger partial charge in [-0.15, -0.1) is 6.58 Å². The maximum Gasteiger partial charge on any atom is 0.596 e. The number of carboxylic acids is 1. The molecule has 3 atom stereocenters. The summed E-state index contributed by atoms with van der Waals surface area (Å²) in [5.74, 6) is -1.32. The minimum atomic E-state index is -4.73. The molecule has 110 valence electrons.